The fourth-order valence-corrected chi connectivity index (χ4v) is 3.56. The molecule has 0 bridgehead atoms. The number of phenols is 1. The van der Waals surface area contributed by atoms with Gasteiger partial charge in [0.2, 0.25) is 5.91 Å². The van der Waals surface area contributed by atoms with E-state index in [1.165, 1.54) is 24.2 Å². The lowest BCUT2D eigenvalue weighted by Crippen LogP contribution is -2.08. The Morgan fingerprint density at radius 2 is 1.82 bits per heavy atom. The summed E-state index contributed by atoms with van der Waals surface area (Å²) in [5.41, 5.74) is 1.55. The third-order valence-electron chi connectivity index (χ3n) is 4.07. The lowest BCUT2D eigenvalue weighted by Gasteiger charge is -2.12. The summed E-state index contributed by atoms with van der Waals surface area (Å²) in [4.78, 5) is 17.1. The van der Waals surface area contributed by atoms with Crippen molar-refractivity contribution in [3.05, 3.63) is 78.6 Å². The quantitative estimate of drug-likeness (QED) is 0.347. The summed E-state index contributed by atoms with van der Waals surface area (Å²) in [6.45, 7) is 0. The topological polar surface area (TPSA) is 90.9 Å². The molecule has 1 amide bonds. The van der Waals surface area contributed by atoms with Gasteiger partial charge in [-0.2, -0.15) is 5.10 Å². The van der Waals surface area contributed by atoms with Gasteiger partial charge in [-0.1, -0.05) is 54.6 Å². The van der Waals surface area contributed by atoms with E-state index in [0.29, 0.717) is 21.1 Å². The Balaban J connectivity index is 1.66. The first kappa shape index (κ1) is 17.8. The average molecular weight is 388 g/mol. The number of benzene rings is 3. The van der Waals surface area contributed by atoms with Gasteiger partial charge in [0, 0.05) is 16.8 Å². The molecular formula is C21H16N4O2S. The van der Waals surface area contributed by atoms with Gasteiger partial charge in [0.05, 0.1) is 10.6 Å². The fraction of sp³-hybridized carbons (Fsp3) is 0. The molecule has 0 saturated heterocycles. The van der Waals surface area contributed by atoms with Gasteiger partial charge in [-0.25, -0.2) is 4.98 Å². The molecule has 0 aliphatic carbocycles. The van der Waals surface area contributed by atoms with Crippen LogP contribution < -0.4 is 5.32 Å². The first-order chi connectivity index (χ1) is 13.7. The van der Waals surface area contributed by atoms with Gasteiger partial charge in [0.15, 0.2) is 5.16 Å². The Kier molecular flexibility index (Phi) is 5.07. The summed E-state index contributed by atoms with van der Waals surface area (Å²) in [6, 6.07) is 18.7. The van der Waals surface area contributed by atoms with Gasteiger partial charge in [0.25, 0.3) is 0 Å². The number of nitrogens with one attached hydrogen (secondary N) is 2. The van der Waals surface area contributed by atoms with E-state index in [0.717, 1.165) is 10.9 Å². The molecule has 0 atom stereocenters. The number of aromatic hydroxyl groups is 1. The number of aromatic nitrogens is 3. The van der Waals surface area contributed by atoms with Crippen LogP contribution in [0.1, 0.15) is 5.56 Å². The van der Waals surface area contributed by atoms with Crippen LogP contribution in [0.25, 0.3) is 16.8 Å². The fourth-order valence-electron chi connectivity index (χ4n) is 2.77. The zero-order valence-electron chi connectivity index (χ0n) is 14.7. The van der Waals surface area contributed by atoms with Gasteiger partial charge in [-0.05, 0) is 29.5 Å². The van der Waals surface area contributed by atoms with Crippen molar-refractivity contribution in [3.8, 4) is 5.75 Å². The molecule has 0 unspecified atom stereocenters. The number of phenolic OH excluding ortho intramolecular Hbond substituents is 1. The number of aromatic amines is 1. The third kappa shape index (κ3) is 3.89. The molecule has 1 heterocycles. The van der Waals surface area contributed by atoms with Crippen LogP contribution in [0, 0.1) is 0 Å². The summed E-state index contributed by atoms with van der Waals surface area (Å²) in [7, 11) is 0. The highest BCUT2D eigenvalue weighted by Crippen LogP contribution is 2.41. The number of amides is 1. The molecule has 0 saturated carbocycles. The summed E-state index contributed by atoms with van der Waals surface area (Å²) in [5, 5.41) is 22.1. The summed E-state index contributed by atoms with van der Waals surface area (Å²) in [5.74, 6) is -0.120. The van der Waals surface area contributed by atoms with Crippen LogP contribution in [0.5, 0.6) is 5.75 Å². The van der Waals surface area contributed by atoms with Gasteiger partial charge in [0.1, 0.15) is 12.1 Å². The highest BCUT2D eigenvalue weighted by Gasteiger charge is 2.14. The Labute approximate surface area is 165 Å². The van der Waals surface area contributed by atoms with Gasteiger partial charge in [-0.15, -0.1) is 0 Å². The van der Waals surface area contributed by atoms with Crippen LogP contribution in [0.4, 0.5) is 5.69 Å². The molecule has 0 spiro atoms. The predicted molar refractivity (Wildman–Crippen MR) is 110 cm³/mol. The van der Waals surface area contributed by atoms with Crippen molar-refractivity contribution in [2.75, 3.05) is 5.32 Å². The van der Waals surface area contributed by atoms with Crippen molar-refractivity contribution >= 4 is 40.2 Å². The Bertz CT molecular complexity index is 1140. The maximum atomic E-state index is 12.4. The second kappa shape index (κ2) is 7.98. The molecule has 1 aromatic heterocycles. The standard InChI is InChI=1S/C21H16N4O2S/c26-19(11-10-14-6-2-1-3-7-14)24-17-12-18(28-21-22-13-23-25-21)20(27)16-9-5-4-8-15(16)17/h1-13,27H,(H,24,26)(H,22,23,25)/b11-10+. The summed E-state index contributed by atoms with van der Waals surface area (Å²) >= 11 is 1.24. The third-order valence-corrected chi connectivity index (χ3v) is 4.99. The highest BCUT2D eigenvalue weighted by atomic mass is 32.2. The van der Waals surface area contributed by atoms with E-state index in [9.17, 15) is 9.90 Å². The molecule has 6 nitrogen and oxygen atoms in total. The van der Waals surface area contributed by atoms with E-state index in [1.54, 1.807) is 12.1 Å². The van der Waals surface area contributed by atoms with Crippen molar-refractivity contribution < 1.29 is 9.90 Å². The largest absolute Gasteiger partial charge is 0.506 e. The SMILES string of the molecule is O=C(/C=C/c1ccccc1)Nc1cc(Sc2ncn[nH]2)c(O)c2ccccc12. The van der Waals surface area contributed by atoms with Crippen molar-refractivity contribution in [1.82, 2.24) is 15.2 Å². The van der Waals surface area contributed by atoms with Gasteiger partial charge in [-0.3, -0.25) is 9.89 Å². The van der Waals surface area contributed by atoms with E-state index < -0.39 is 0 Å². The molecule has 0 aliphatic rings. The summed E-state index contributed by atoms with van der Waals surface area (Å²) in [6.07, 6.45) is 4.64. The minimum Gasteiger partial charge on any atom is -0.506 e. The van der Waals surface area contributed by atoms with Gasteiger partial charge >= 0.3 is 0 Å². The van der Waals surface area contributed by atoms with Crippen LogP contribution >= 0.6 is 11.8 Å². The number of hydrogen-bond acceptors (Lipinski definition) is 5. The Hall–Kier alpha value is -3.58. The molecule has 4 aromatic rings. The van der Waals surface area contributed by atoms with E-state index in [1.807, 2.05) is 54.6 Å². The number of fused-ring (bicyclic) bond motifs is 1. The van der Waals surface area contributed by atoms with Crippen LogP contribution in [-0.2, 0) is 4.79 Å². The van der Waals surface area contributed by atoms with E-state index in [2.05, 4.69) is 20.5 Å². The number of carbonyl (C=O) groups excluding carboxylic acids is 1. The molecule has 3 aromatic carbocycles. The van der Waals surface area contributed by atoms with E-state index in [4.69, 9.17) is 0 Å². The summed E-state index contributed by atoms with van der Waals surface area (Å²) < 4.78 is 0. The van der Waals surface area contributed by atoms with Crippen LogP contribution in [0.2, 0.25) is 0 Å². The first-order valence-electron chi connectivity index (χ1n) is 8.53. The predicted octanol–water partition coefficient (Wildman–Crippen LogP) is 4.47. The molecule has 3 N–H and O–H groups in total. The lowest BCUT2D eigenvalue weighted by atomic mass is 10.1. The second-order valence-electron chi connectivity index (χ2n) is 5.94. The minimum atomic E-state index is -0.254. The second-order valence-corrected chi connectivity index (χ2v) is 6.97. The molecule has 0 aliphatic heterocycles. The molecule has 0 fully saturated rings. The van der Waals surface area contributed by atoms with Crippen molar-refractivity contribution in [2.45, 2.75) is 10.1 Å². The number of carbonyl (C=O) groups is 1. The average Bonchev–Trinajstić information content (AvgIpc) is 3.24. The number of hydrogen-bond donors (Lipinski definition) is 3. The molecule has 0 radical (unpaired) electrons. The van der Waals surface area contributed by atoms with Crippen molar-refractivity contribution in [3.63, 3.8) is 0 Å². The highest BCUT2D eigenvalue weighted by molar-refractivity contribution is 7.99. The zero-order chi connectivity index (χ0) is 19.3. The first-order valence-corrected chi connectivity index (χ1v) is 9.34. The Morgan fingerprint density at radius 1 is 1.07 bits per heavy atom. The number of nitrogens with zero attached hydrogens (tertiary/aromatic N) is 2. The monoisotopic (exact) mass is 388 g/mol. The number of rotatable bonds is 5. The maximum absolute atomic E-state index is 12.4. The smallest absolute Gasteiger partial charge is 0.248 e. The maximum Gasteiger partial charge on any atom is 0.248 e. The van der Waals surface area contributed by atoms with Gasteiger partial charge < -0.3 is 10.4 Å². The van der Waals surface area contributed by atoms with Crippen LogP contribution in [-0.4, -0.2) is 26.2 Å². The minimum absolute atomic E-state index is 0.134. The molecule has 28 heavy (non-hydrogen) atoms. The van der Waals surface area contributed by atoms with Crippen LogP contribution in [0.15, 0.2) is 83.1 Å². The molecular weight excluding hydrogens is 372 g/mol. The Morgan fingerprint density at radius 3 is 2.57 bits per heavy atom. The normalized spacial score (nSPS) is 11.1. The molecule has 4 rings (SSSR count). The van der Waals surface area contributed by atoms with E-state index >= 15 is 0 Å². The molecule has 7 heteroatoms. The zero-order valence-corrected chi connectivity index (χ0v) is 15.5. The van der Waals surface area contributed by atoms with Crippen molar-refractivity contribution in [2.24, 2.45) is 0 Å². The number of H-pyrrole nitrogens is 1. The van der Waals surface area contributed by atoms with Crippen molar-refractivity contribution in [1.29, 1.82) is 0 Å². The van der Waals surface area contributed by atoms with E-state index in [-0.39, 0.29) is 11.7 Å². The van der Waals surface area contributed by atoms with Crippen LogP contribution in [0.3, 0.4) is 0 Å². The number of anilines is 1. The molecule has 138 valence electrons. The lowest BCUT2D eigenvalue weighted by molar-refractivity contribution is -0.111.